The van der Waals surface area contributed by atoms with Crippen molar-refractivity contribution >= 4 is 11.8 Å². The normalized spacial score (nSPS) is 14.3. The SMILES string of the molecule is CCCCCC(O)CCCC(CCCCCC(C(=O)O)c1ccccc1C)C(C)=O. The first-order valence-electron chi connectivity index (χ1n) is 11.8. The Labute approximate surface area is 183 Å². The number of carbonyl (C=O) groups is 2. The van der Waals surface area contributed by atoms with Crippen LogP contribution in [0.25, 0.3) is 0 Å². The van der Waals surface area contributed by atoms with Crippen molar-refractivity contribution in [2.75, 3.05) is 0 Å². The maximum absolute atomic E-state index is 12.0. The molecule has 0 saturated heterocycles. The average Bonchev–Trinajstić information content (AvgIpc) is 2.70. The number of hydrogen-bond donors (Lipinski definition) is 2. The van der Waals surface area contributed by atoms with Crippen LogP contribution >= 0.6 is 0 Å². The van der Waals surface area contributed by atoms with Crippen LogP contribution in [0.5, 0.6) is 0 Å². The van der Waals surface area contributed by atoms with Gasteiger partial charge in [-0.2, -0.15) is 0 Å². The van der Waals surface area contributed by atoms with Gasteiger partial charge in [0.1, 0.15) is 5.78 Å². The standard InChI is InChI=1S/C26H42O4/c1-4-5-7-16-23(28)17-12-15-22(21(3)27)14-8-6-9-19-25(26(29)30)24-18-11-10-13-20(24)2/h10-11,13,18,22-23,25,28H,4-9,12,14-17,19H2,1-3H3,(H,29,30). The van der Waals surface area contributed by atoms with Gasteiger partial charge in [0.15, 0.2) is 0 Å². The third-order valence-electron chi connectivity index (χ3n) is 6.21. The van der Waals surface area contributed by atoms with Crippen molar-refractivity contribution < 1.29 is 19.8 Å². The smallest absolute Gasteiger partial charge is 0.310 e. The zero-order chi connectivity index (χ0) is 22.4. The van der Waals surface area contributed by atoms with E-state index in [1.54, 1.807) is 6.92 Å². The fourth-order valence-electron chi connectivity index (χ4n) is 4.23. The molecule has 2 N–H and O–H groups in total. The largest absolute Gasteiger partial charge is 0.481 e. The molecule has 1 aromatic rings. The van der Waals surface area contributed by atoms with Crippen LogP contribution in [0.1, 0.15) is 108 Å². The van der Waals surface area contributed by atoms with E-state index in [2.05, 4.69) is 6.92 Å². The molecule has 0 aliphatic rings. The quantitative estimate of drug-likeness (QED) is 0.286. The Morgan fingerprint density at radius 2 is 1.47 bits per heavy atom. The molecular formula is C26H42O4. The van der Waals surface area contributed by atoms with Gasteiger partial charge in [-0.1, -0.05) is 76.1 Å². The second-order valence-electron chi connectivity index (χ2n) is 8.77. The molecule has 0 fully saturated rings. The Morgan fingerprint density at radius 3 is 2.10 bits per heavy atom. The number of aliphatic carboxylic acids is 1. The van der Waals surface area contributed by atoms with Gasteiger partial charge < -0.3 is 10.2 Å². The lowest BCUT2D eigenvalue weighted by molar-refractivity contribution is -0.139. The highest BCUT2D eigenvalue weighted by Gasteiger charge is 2.21. The van der Waals surface area contributed by atoms with Crippen LogP contribution in [0, 0.1) is 12.8 Å². The summed E-state index contributed by atoms with van der Waals surface area (Å²) in [6, 6.07) is 7.71. The molecule has 0 spiro atoms. The van der Waals surface area contributed by atoms with Gasteiger partial charge in [-0.25, -0.2) is 0 Å². The predicted octanol–water partition coefficient (Wildman–Crippen LogP) is 6.43. The lowest BCUT2D eigenvalue weighted by Gasteiger charge is -2.17. The van der Waals surface area contributed by atoms with Gasteiger partial charge in [0.2, 0.25) is 0 Å². The minimum Gasteiger partial charge on any atom is -0.481 e. The topological polar surface area (TPSA) is 74.6 Å². The number of hydrogen-bond acceptors (Lipinski definition) is 3. The zero-order valence-corrected chi connectivity index (χ0v) is 19.2. The molecule has 170 valence electrons. The van der Waals surface area contributed by atoms with Gasteiger partial charge in [-0.15, -0.1) is 0 Å². The molecule has 0 heterocycles. The Balaban J connectivity index is 2.32. The highest BCUT2D eigenvalue weighted by molar-refractivity contribution is 5.78. The molecule has 0 aliphatic heterocycles. The Kier molecular flexibility index (Phi) is 13.3. The maximum Gasteiger partial charge on any atom is 0.310 e. The van der Waals surface area contributed by atoms with Crippen LogP contribution in [-0.2, 0) is 9.59 Å². The molecule has 4 nitrogen and oxygen atoms in total. The van der Waals surface area contributed by atoms with Gasteiger partial charge in [0, 0.05) is 5.92 Å². The fourth-order valence-corrected chi connectivity index (χ4v) is 4.23. The number of carboxylic acid groups (broad SMARTS) is 1. The van der Waals surface area contributed by atoms with E-state index in [1.165, 1.54) is 6.42 Å². The van der Waals surface area contributed by atoms with Crippen LogP contribution in [0.4, 0.5) is 0 Å². The van der Waals surface area contributed by atoms with E-state index in [-0.39, 0.29) is 17.8 Å². The highest BCUT2D eigenvalue weighted by atomic mass is 16.4. The van der Waals surface area contributed by atoms with E-state index in [1.807, 2.05) is 31.2 Å². The lowest BCUT2D eigenvalue weighted by Crippen LogP contribution is -2.14. The third-order valence-corrected chi connectivity index (χ3v) is 6.21. The summed E-state index contributed by atoms with van der Waals surface area (Å²) < 4.78 is 0. The first-order chi connectivity index (χ1) is 14.4. The lowest BCUT2D eigenvalue weighted by atomic mass is 9.88. The minimum atomic E-state index is -0.761. The minimum absolute atomic E-state index is 0.0690. The molecule has 30 heavy (non-hydrogen) atoms. The molecule has 0 bridgehead atoms. The van der Waals surface area contributed by atoms with E-state index in [0.717, 1.165) is 75.3 Å². The summed E-state index contributed by atoms with van der Waals surface area (Å²) >= 11 is 0. The maximum atomic E-state index is 12.0. The third kappa shape index (κ3) is 10.4. The molecule has 0 aliphatic carbocycles. The van der Waals surface area contributed by atoms with E-state index in [0.29, 0.717) is 6.42 Å². The van der Waals surface area contributed by atoms with Crippen LogP contribution < -0.4 is 0 Å². The van der Waals surface area contributed by atoms with Gasteiger partial charge >= 0.3 is 5.97 Å². The number of aliphatic hydroxyl groups excluding tert-OH is 1. The summed E-state index contributed by atoms with van der Waals surface area (Å²) in [5, 5.41) is 19.7. The number of aliphatic hydroxyl groups is 1. The summed E-state index contributed by atoms with van der Waals surface area (Å²) in [6.07, 6.45) is 10.8. The van der Waals surface area contributed by atoms with E-state index in [9.17, 15) is 19.8 Å². The van der Waals surface area contributed by atoms with Gasteiger partial charge in [-0.05, 0) is 57.1 Å². The van der Waals surface area contributed by atoms with Crippen molar-refractivity contribution in [2.24, 2.45) is 5.92 Å². The highest BCUT2D eigenvalue weighted by Crippen LogP contribution is 2.27. The average molecular weight is 419 g/mol. The molecule has 0 radical (unpaired) electrons. The van der Waals surface area contributed by atoms with Crippen molar-refractivity contribution in [3.63, 3.8) is 0 Å². The van der Waals surface area contributed by atoms with Crippen molar-refractivity contribution in [3.05, 3.63) is 35.4 Å². The number of carboxylic acids is 1. The molecule has 0 amide bonds. The van der Waals surface area contributed by atoms with E-state index >= 15 is 0 Å². The summed E-state index contributed by atoms with van der Waals surface area (Å²) in [7, 11) is 0. The van der Waals surface area contributed by atoms with Crippen molar-refractivity contribution in [3.8, 4) is 0 Å². The number of aryl methyl sites for hydroxylation is 1. The van der Waals surface area contributed by atoms with Crippen LogP contribution in [0.2, 0.25) is 0 Å². The molecule has 1 rings (SSSR count). The number of benzene rings is 1. The predicted molar refractivity (Wildman–Crippen MR) is 123 cm³/mol. The van der Waals surface area contributed by atoms with Gasteiger partial charge in [-0.3, -0.25) is 9.59 Å². The Hall–Kier alpha value is -1.68. The first-order valence-corrected chi connectivity index (χ1v) is 11.8. The number of carbonyl (C=O) groups excluding carboxylic acids is 1. The van der Waals surface area contributed by atoms with Crippen molar-refractivity contribution in [2.45, 2.75) is 110 Å². The zero-order valence-electron chi connectivity index (χ0n) is 19.2. The van der Waals surface area contributed by atoms with Crippen LogP contribution in [0.3, 0.4) is 0 Å². The van der Waals surface area contributed by atoms with Gasteiger partial charge in [0.25, 0.3) is 0 Å². The molecule has 0 saturated carbocycles. The van der Waals surface area contributed by atoms with E-state index < -0.39 is 11.9 Å². The summed E-state index contributed by atoms with van der Waals surface area (Å²) in [6.45, 7) is 5.79. The number of ketones is 1. The van der Waals surface area contributed by atoms with Gasteiger partial charge in [0.05, 0.1) is 12.0 Å². The Morgan fingerprint density at radius 1 is 0.867 bits per heavy atom. The number of rotatable bonds is 17. The molecule has 3 atom stereocenters. The summed E-state index contributed by atoms with van der Waals surface area (Å²) in [4.78, 5) is 23.7. The molecular weight excluding hydrogens is 376 g/mol. The summed E-state index contributed by atoms with van der Waals surface area (Å²) in [5.41, 5.74) is 1.93. The summed E-state index contributed by atoms with van der Waals surface area (Å²) in [5.74, 6) is -0.911. The molecule has 0 aromatic heterocycles. The molecule has 4 heteroatoms. The van der Waals surface area contributed by atoms with Crippen molar-refractivity contribution in [1.29, 1.82) is 0 Å². The molecule has 3 unspecified atom stereocenters. The molecule has 1 aromatic carbocycles. The Bertz CT molecular complexity index is 625. The second kappa shape index (κ2) is 15.2. The fraction of sp³-hybridized carbons (Fsp3) is 0.692. The number of Topliss-reactive ketones (excluding diaryl/α,β-unsaturated/α-hetero) is 1. The van der Waals surface area contributed by atoms with Crippen LogP contribution in [0.15, 0.2) is 24.3 Å². The second-order valence-corrected chi connectivity index (χ2v) is 8.77. The monoisotopic (exact) mass is 418 g/mol. The first kappa shape index (κ1) is 26.4. The van der Waals surface area contributed by atoms with Crippen molar-refractivity contribution in [1.82, 2.24) is 0 Å². The number of unbranched alkanes of at least 4 members (excludes halogenated alkanes) is 4. The van der Waals surface area contributed by atoms with Crippen LogP contribution in [-0.4, -0.2) is 28.1 Å². The van der Waals surface area contributed by atoms with E-state index in [4.69, 9.17) is 0 Å².